The van der Waals surface area contributed by atoms with Crippen molar-refractivity contribution < 1.29 is 38.2 Å². The van der Waals surface area contributed by atoms with E-state index in [0.717, 1.165) is 51.4 Å². The normalized spacial score (nSPS) is 13.4. The van der Waals surface area contributed by atoms with Crippen LogP contribution >= 0.6 is 0 Å². The van der Waals surface area contributed by atoms with Gasteiger partial charge in [-0.05, 0) is 57.8 Å². The SMILES string of the molecule is CCCCCC/C=C/CCCC(=O)OC(COCCC(C(=O)O)[N+](C)(C)C)COC(=O)CCCCCCC/C=C/C=C/CCCCCCCCC. The van der Waals surface area contributed by atoms with Gasteiger partial charge in [0.15, 0.2) is 12.1 Å². The van der Waals surface area contributed by atoms with Crippen molar-refractivity contribution in [3.05, 3.63) is 36.5 Å². The maximum absolute atomic E-state index is 12.6. The van der Waals surface area contributed by atoms with Crippen molar-refractivity contribution in [1.29, 1.82) is 0 Å². The van der Waals surface area contributed by atoms with Gasteiger partial charge in [0.1, 0.15) is 6.61 Å². The number of quaternary nitrogens is 1. The number of nitrogens with zero attached hydrogens (tertiary/aromatic N) is 1. The highest BCUT2D eigenvalue weighted by Crippen LogP contribution is 2.12. The standard InChI is InChI=1S/C43H77NO7/c1-6-8-10-12-14-16-17-18-19-20-21-22-23-24-26-27-29-31-33-41(45)50-38-39(37-49-36-35-40(43(47)48)44(3,4)5)51-42(46)34-32-30-28-25-15-13-11-9-7-2/h19-22,25,28,39-40H,6-18,23-24,26-27,29-38H2,1-5H3/p+1/b20-19+,22-21+,28-25+. The molecule has 1 N–H and O–H groups in total. The lowest BCUT2D eigenvalue weighted by Gasteiger charge is -2.31. The second-order valence-corrected chi connectivity index (χ2v) is 14.9. The van der Waals surface area contributed by atoms with Gasteiger partial charge in [0.2, 0.25) is 0 Å². The van der Waals surface area contributed by atoms with Gasteiger partial charge in [-0.3, -0.25) is 9.59 Å². The number of rotatable bonds is 36. The van der Waals surface area contributed by atoms with Crippen LogP contribution in [-0.2, 0) is 28.6 Å². The highest BCUT2D eigenvalue weighted by molar-refractivity contribution is 5.72. The van der Waals surface area contributed by atoms with Crippen molar-refractivity contribution in [1.82, 2.24) is 0 Å². The van der Waals surface area contributed by atoms with E-state index in [9.17, 15) is 19.5 Å². The molecule has 0 aromatic rings. The number of carboxylic acid groups (broad SMARTS) is 1. The monoisotopic (exact) mass is 721 g/mol. The summed E-state index contributed by atoms with van der Waals surface area (Å²) in [5, 5.41) is 9.58. The first-order chi connectivity index (χ1) is 24.6. The Morgan fingerprint density at radius 3 is 1.61 bits per heavy atom. The summed E-state index contributed by atoms with van der Waals surface area (Å²) in [5.41, 5.74) is 0. The Balaban J connectivity index is 4.36. The molecule has 0 aliphatic rings. The Labute approximate surface area is 313 Å². The molecule has 0 saturated carbocycles. The molecule has 51 heavy (non-hydrogen) atoms. The number of ether oxygens (including phenoxy) is 3. The molecule has 0 radical (unpaired) electrons. The largest absolute Gasteiger partial charge is 0.477 e. The minimum Gasteiger partial charge on any atom is -0.477 e. The lowest BCUT2D eigenvalue weighted by atomic mass is 10.1. The molecule has 8 heteroatoms. The molecule has 0 saturated heterocycles. The Morgan fingerprint density at radius 1 is 0.588 bits per heavy atom. The number of aliphatic carboxylic acids is 1. The van der Waals surface area contributed by atoms with Crippen LogP contribution in [0, 0.1) is 0 Å². The summed E-state index contributed by atoms with van der Waals surface area (Å²) in [5.74, 6) is -1.53. The van der Waals surface area contributed by atoms with Gasteiger partial charge in [0.25, 0.3) is 0 Å². The van der Waals surface area contributed by atoms with Crippen LogP contribution in [0.15, 0.2) is 36.5 Å². The molecule has 0 aliphatic carbocycles. The number of carbonyl (C=O) groups is 3. The van der Waals surface area contributed by atoms with E-state index in [1.54, 1.807) is 0 Å². The van der Waals surface area contributed by atoms with Gasteiger partial charge in [0, 0.05) is 19.3 Å². The van der Waals surface area contributed by atoms with E-state index >= 15 is 0 Å². The minimum atomic E-state index is -0.883. The van der Waals surface area contributed by atoms with Gasteiger partial charge in [-0.25, -0.2) is 4.79 Å². The first-order valence-electron chi connectivity index (χ1n) is 20.5. The smallest absolute Gasteiger partial charge is 0.362 e. The van der Waals surface area contributed by atoms with Crippen LogP contribution in [0.25, 0.3) is 0 Å². The third kappa shape index (κ3) is 33.2. The first kappa shape index (κ1) is 48.5. The van der Waals surface area contributed by atoms with E-state index in [2.05, 4.69) is 50.3 Å². The van der Waals surface area contributed by atoms with Gasteiger partial charge < -0.3 is 23.8 Å². The number of hydrogen-bond acceptors (Lipinski definition) is 6. The van der Waals surface area contributed by atoms with Gasteiger partial charge >= 0.3 is 17.9 Å². The van der Waals surface area contributed by atoms with Crippen molar-refractivity contribution in [2.75, 3.05) is 41.0 Å². The lowest BCUT2D eigenvalue weighted by Crippen LogP contribution is -2.50. The van der Waals surface area contributed by atoms with Crippen molar-refractivity contribution in [3.63, 3.8) is 0 Å². The predicted molar refractivity (Wildman–Crippen MR) is 211 cm³/mol. The Bertz CT molecular complexity index is 937. The third-order valence-corrected chi connectivity index (χ3v) is 9.04. The van der Waals surface area contributed by atoms with E-state index in [1.165, 1.54) is 77.0 Å². The summed E-state index contributed by atoms with van der Waals surface area (Å²) in [6.45, 7) is 4.64. The van der Waals surface area contributed by atoms with E-state index in [-0.39, 0.29) is 42.7 Å². The van der Waals surface area contributed by atoms with Gasteiger partial charge in [-0.2, -0.15) is 0 Å². The fourth-order valence-electron chi connectivity index (χ4n) is 5.79. The van der Waals surface area contributed by atoms with E-state index in [1.807, 2.05) is 21.1 Å². The zero-order valence-electron chi connectivity index (χ0n) is 33.6. The van der Waals surface area contributed by atoms with E-state index in [4.69, 9.17) is 14.2 Å². The van der Waals surface area contributed by atoms with Crippen molar-refractivity contribution in [2.24, 2.45) is 0 Å². The Morgan fingerprint density at radius 2 is 1.06 bits per heavy atom. The number of likely N-dealkylation sites (N-methyl/N-ethyl adjacent to an activating group) is 1. The molecule has 0 fully saturated rings. The number of carbonyl (C=O) groups excluding carboxylic acids is 2. The van der Waals surface area contributed by atoms with E-state index in [0.29, 0.717) is 19.3 Å². The summed E-state index contributed by atoms with van der Waals surface area (Å²) in [7, 11) is 5.50. The molecular weight excluding hydrogens is 642 g/mol. The van der Waals surface area contributed by atoms with Crippen LogP contribution < -0.4 is 0 Å². The quantitative estimate of drug-likeness (QED) is 0.0226. The summed E-state index contributed by atoms with van der Waals surface area (Å²) in [6.07, 6.45) is 37.7. The van der Waals surface area contributed by atoms with Crippen LogP contribution in [-0.4, -0.2) is 80.6 Å². The molecule has 0 aromatic heterocycles. The molecule has 2 unspecified atom stereocenters. The Hall–Kier alpha value is -2.45. The molecule has 2 atom stereocenters. The average molecular weight is 721 g/mol. The fraction of sp³-hybridized carbons (Fsp3) is 0.791. The molecule has 0 spiro atoms. The second kappa shape index (κ2) is 34.6. The van der Waals surface area contributed by atoms with Crippen LogP contribution in [0.3, 0.4) is 0 Å². The second-order valence-electron chi connectivity index (χ2n) is 14.9. The van der Waals surface area contributed by atoms with Crippen molar-refractivity contribution in [3.8, 4) is 0 Å². The number of hydrogen-bond donors (Lipinski definition) is 1. The molecule has 0 bridgehead atoms. The van der Waals surface area contributed by atoms with Gasteiger partial charge in [-0.15, -0.1) is 0 Å². The molecule has 296 valence electrons. The zero-order chi connectivity index (χ0) is 37.8. The van der Waals surface area contributed by atoms with Crippen LogP contribution in [0.5, 0.6) is 0 Å². The van der Waals surface area contributed by atoms with E-state index < -0.39 is 18.1 Å². The molecule has 8 nitrogen and oxygen atoms in total. The van der Waals surface area contributed by atoms with Crippen LogP contribution in [0.2, 0.25) is 0 Å². The van der Waals surface area contributed by atoms with Gasteiger partial charge in [-0.1, -0.05) is 127 Å². The summed E-state index contributed by atoms with van der Waals surface area (Å²) >= 11 is 0. The fourth-order valence-corrected chi connectivity index (χ4v) is 5.79. The van der Waals surface area contributed by atoms with Crippen LogP contribution in [0.1, 0.15) is 168 Å². The van der Waals surface area contributed by atoms with Crippen LogP contribution in [0.4, 0.5) is 0 Å². The number of unbranched alkanes of at least 4 members (excludes halogenated alkanes) is 17. The summed E-state index contributed by atoms with van der Waals surface area (Å²) < 4.78 is 17.1. The highest BCUT2D eigenvalue weighted by Gasteiger charge is 2.31. The zero-order valence-corrected chi connectivity index (χ0v) is 33.6. The molecule has 0 heterocycles. The number of esters is 2. The molecule has 0 aromatic carbocycles. The maximum Gasteiger partial charge on any atom is 0.362 e. The molecular formula is C43H78NO7+. The number of carboxylic acids is 1. The summed E-state index contributed by atoms with van der Waals surface area (Å²) in [6, 6.07) is -0.619. The minimum absolute atomic E-state index is 0.0452. The molecule has 0 rings (SSSR count). The highest BCUT2D eigenvalue weighted by atomic mass is 16.6. The van der Waals surface area contributed by atoms with Crippen molar-refractivity contribution >= 4 is 17.9 Å². The third-order valence-electron chi connectivity index (χ3n) is 9.04. The lowest BCUT2D eigenvalue weighted by molar-refractivity contribution is -0.887. The molecule has 0 amide bonds. The molecule has 0 aliphatic heterocycles. The topological polar surface area (TPSA) is 99.1 Å². The maximum atomic E-state index is 12.6. The van der Waals surface area contributed by atoms with Crippen molar-refractivity contribution in [2.45, 2.75) is 180 Å². The van der Waals surface area contributed by atoms with Gasteiger partial charge in [0.05, 0.1) is 34.4 Å². The first-order valence-corrected chi connectivity index (χ1v) is 20.5. The number of allylic oxidation sites excluding steroid dienone is 6. The Kier molecular flexibility index (Phi) is 33.0. The predicted octanol–water partition coefficient (Wildman–Crippen LogP) is 10.7. The summed E-state index contributed by atoms with van der Waals surface area (Å²) in [4.78, 5) is 36.7. The average Bonchev–Trinajstić information content (AvgIpc) is 3.08.